The van der Waals surface area contributed by atoms with Crippen LogP contribution in [0.4, 0.5) is 0 Å². The fraction of sp³-hybridized carbons (Fsp3) is 0.667. The van der Waals surface area contributed by atoms with E-state index in [0.717, 1.165) is 24.2 Å². The van der Waals surface area contributed by atoms with Crippen molar-refractivity contribution in [2.45, 2.75) is 36.9 Å². The quantitative estimate of drug-likeness (QED) is 0.834. The number of halogens is 1. The lowest BCUT2D eigenvalue weighted by atomic mass is 10.2. The van der Waals surface area contributed by atoms with Crippen LogP contribution in [0.5, 0.6) is 0 Å². The molecule has 1 rings (SSSR count). The Kier molecular flexibility index (Phi) is 4.73. The van der Waals surface area contributed by atoms with Gasteiger partial charge in [-0.3, -0.25) is 0 Å². The maximum absolute atomic E-state index is 12.1. The first kappa shape index (κ1) is 13.9. The molecule has 1 aromatic rings. The second kappa shape index (κ2) is 5.44. The van der Waals surface area contributed by atoms with Crippen LogP contribution in [-0.4, -0.2) is 30.8 Å². The van der Waals surface area contributed by atoms with Gasteiger partial charge in [0, 0.05) is 13.1 Å². The van der Waals surface area contributed by atoms with Gasteiger partial charge in [-0.15, -0.1) is 0 Å². The zero-order valence-corrected chi connectivity index (χ0v) is 11.9. The summed E-state index contributed by atoms with van der Waals surface area (Å²) in [7, 11) is -1.85. The average Bonchev–Trinajstić information content (AvgIpc) is 2.64. The second-order valence-electron chi connectivity index (χ2n) is 3.59. The lowest BCUT2D eigenvalue weighted by Gasteiger charge is -2.22. The minimum absolute atomic E-state index is 0.0177. The third-order valence-corrected chi connectivity index (χ3v) is 5.94. The molecular formula is C9H15ClN2O2S2. The second-order valence-corrected chi connectivity index (χ2v) is 7.43. The van der Waals surface area contributed by atoms with Crippen LogP contribution in [0.15, 0.2) is 10.4 Å². The molecule has 1 heterocycles. The van der Waals surface area contributed by atoms with E-state index in [1.54, 1.807) is 7.05 Å². The summed E-state index contributed by atoms with van der Waals surface area (Å²) < 4.78 is 26.0. The van der Waals surface area contributed by atoms with Gasteiger partial charge in [0.15, 0.2) is 8.68 Å². The average molecular weight is 283 g/mol. The maximum atomic E-state index is 12.1. The van der Waals surface area contributed by atoms with E-state index in [1.807, 2.05) is 13.8 Å². The summed E-state index contributed by atoms with van der Waals surface area (Å²) in [6, 6.07) is -0.0177. The van der Waals surface area contributed by atoms with Crippen molar-refractivity contribution in [1.82, 2.24) is 9.29 Å². The number of hydrogen-bond acceptors (Lipinski definition) is 4. The monoisotopic (exact) mass is 282 g/mol. The molecule has 0 saturated carbocycles. The molecule has 0 amide bonds. The van der Waals surface area contributed by atoms with Crippen molar-refractivity contribution in [2.75, 3.05) is 7.05 Å². The molecule has 0 spiro atoms. The van der Waals surface area contributed by atoms with Crippen LogP contribution in [0.25, 0.3) is 0 Å². The topological polar surface area (TPSA) is 50.3 Å². The van der Waals surface area contributed by atoms with Crippen molar-refractivity contribution in [3.63, 3.8) is 0 Å². The van der Waals surface area contributed by atoms with Crippen molar-refractivity contribution in [1.29, 1.82) is 0 Å². The molecule has 7 heteroatoms. The minimum Gasteiger partial charge on any atom is -0.232 e. The summed E-state index contributed by atoms with van der Waals surface area (Å²) in [6.45, 7) is 3.92. The lowest BCUT2D eigenvalue weighted by Crippen LogP contribution is -2.34. The zero-order chi connectivity index (χ0) is 12.3. The first-order chi connectivity index (χ1) is 7.39. The Morgan fingerprint density at radius 1 is 1.62 bits per heavy atom. The highest BCUT2D eigenvalue weighted by atomic mass is 35.5. The minimum atomic E-state index is -3.43. The molecule has 4 nitrogen and oxygen atoms in total. The summed E-state index contributed by atoms with van der Waals surface area (Å²) in [5.41, 5.74) is 0. The summed E-state index contributed by atoms with van der Waals surface area (Å²) in [6.07, 6.45) is 3.09. The Morgan fingerprint density at radius 3 is 2.69 bits per heavy atom. The number of nitrogens with zero attached hydrogens (tertiary/aromatic N) is 2. The van der Waals surface area contributed by atoms with E-state index in [1.165, 1.54) is 10.5 Å². The third-order valence-electron chi connectivity index (χ3n) is 2.42. The van der Waals surface area contributed by atoms with Crippen LogP contribution in [-0.2, 0) is 10.0 Å². The van der Waals surface area contributed by atoms with Crippen LogP contribution in [0.2, 0.25) is 4.47 Å². The number of sulfonamides is 1. The van der Waals surface area contributed by atoms with Crippen LogP contribution in [0.3, 0.4) is 0 Å². The molecule has 0 aliphatic rings. The standard InChI is InChI=1S/C9H15ClN2O2S2/c1-4-5-7(2)12(3)16(13,14)8-6-11-9(10)15-8/h6-7H,4-5H2,1-3H3. The third kappa shape index (κ3) is 2.94. The first-order valence-electron chi connectivity index (χ1n) is 4.99. The summed E-state index contributed by atoms with van der Waals surface area (Å²) in [5, 5.41) is 0. The zero-order valence-electron chi connectivity index (χ0n) is 9.47. The molecule has 0 N–H and O–H groups in total. The largest absolute Gasteiger partial charge is 0.254 e. The Labute approximate surface area is 105 Å². The predicted octanol–water partition coefficient (Wildman–Crippen LogP) is 2.61. The van der Waals surface area contributed by atoms with Gasteiger partial charge in [-0.1, -0.05) is 36.3 Å². The molecule has 1 aromatic heterocycles. The Morgan fingerprint density at radius 2 is 2.25 bits per heavy atom. The van der Waals surface area contributed by atoms with E-state index in [2.05, 4.69) is 4.98 Å². The first-order valence-corrected chi connectivity index (χ1v) is 7.62. The summed E-state index contributed by atoms with van der Waals surface area (Å²) in [4.78, 5) is 3.75. The molecule has 0 saturated heterocycles. The van der Waals surface area contributed by atoms with Gasteiger partial charge < -0.3 is 0 Å². The number of thiazole rings is 1. The van der Waals surface area contributed by atoms with Gasteiger partial charge in [0.25, 0.3) is 10.0 Å². The van der Waals surface area contributed by atoms with E-state index < -0.39 is 10.0 Å². The maximum Gasteiger partial charge on any atom is 0.254 e. The van der Waals surface area contributed by atoms with Crippen LogP contribution in [0.1, 0.15) is 26.7 Å². The van der Waals surface area contributed by atoms with Gasteiger partial charge in [-0.2, -0.15) is 4.31 Å². The lowest BCUT2D eigenvalue weighted by molar-refractivity contribution is 0.369. The normalized spacial score (nSPS) is 14.3. The summed E-state index contributed by atoms with van der Waals surface area (Å²) >= 11 is 6.62. The Bertz CT molecular complexity index is 444. The fourth-order valence-corrected chi connectivity index (χ4v) is 4.21. The number of aromatic nitrogens is 1. The van der Waals surface area contributed by atoms with Crippen LogP contribution in [0, 0.1) is 0 Å². The van der Waals surface area contributed by atoms with E-state index in [4.69, 9.17) is 11.6 Å². The summed E-state index contributed by atoms with van der Waals surface area (Å²) in [5.74, 6) is 0. The van der Waals surface area contributed by atoms with Gasteiger partial charge in [-0.05, 0) is 13.3 Å². The molecule has 0 aliphatic carbocycles. The van der Waals surface area contributed by atoms with Crippen molar-refractivity contribution in [3.8, 4) is 0 Å². The van der Waals surface area contributed by atoms with Gasteiger partial charge in [0.05, 0.1) is 6.20 Å². The highest BCUT2D eigenvalue weighted by molar-refractivity contribution is 7.91. The molecule has 16 heavy (non-hydrogen) atoms. The molecule has 0 bridgehead atoms. The van der Waals surface area contributed by atoms with Crippen LogP contribution >= 0.6 is 22.9 Å². The van der Waals surface area contributed by atoms with Crippen LogP contribution < -0.4 is 0 Å². The van der Waals surface area contributed by atoms with Crippen molar-refractivity contribution in [3.05, 3.63) is 10.7 Å². The van der Waals surface area contributed by atoms with Gasteiger partial charge in [0.2, 0.25) is 0 Å². The SMILES string of the molecule is CCCC(C)N(C)S(=O)(=O)c1cnc(Cl)s1. The van der Waals surface area contributed by atoms with Crippen molar-refractivity contribution < 1.29 is 8.42 Å². The van der Waals surface area contributed by atoms with E-state index >= 15 is 0 Å². The Hall–Kier alpha value is -0.170. The molecule has 0 fully saturated rings. The highest BCUT2D eigenvalue weighted by Crippen LogP contribution is 2.26. The molecule has 0 aromatic carbocycles. The van der Waals surface area contributed by atoms with Gasteiger partial charge in [0.1, 0.15) is 0 Å². The van der Waals surface area contributed by atoms with Gasteiger partial charge in [-0.25, -0.2) is 13.4 Å². The van der Waals surface area contributed by atoms with E-state index in [-0.39, 0.29) is 14.7 Å². The highest BCUT2D eigenvalue weighted by Gasteiger charge is 2.26. The molecule has 1 atom stereocenters. The van der Waals surface area contributed by atoms with E-state index in [0.29, 0.717) is 0 Å². The van der Waals surface area contributed by atoms with Crippen molar-refractivity contribution in [2.24, 2.45) is 0 Å². The van der Waals surface area contributed by atoms with Crippen molar-refractivity contribution >= 4 is 33.0 Å². The Balaban J connectivity index is 2.94. The van der Waals surface area contributed by atoms with E-state index in [9.17, 15) is 8.42 Å². The predicted molar refractivity (Wildman–Crippen MR) is 66.4 cm³/mol. The molecule has 1 unspecified atom stereocenters. The van der Waals surface area contributed by atoms with Gasteiger partial charge >= 0.3 is 0 Å². The number of rotatable bonds is 5. The molecular weight excluding hydrogens is 268 g/mol. The molecule has 0 aliphatic heterocycles. The molecule has 92 valence electrons. The smallest absolute Gasteiger partial charge is 0.232 e. The number of hydrogen-bond donors (Lipinski definition) is 0. The fourth-order valence-electron chi connectivity index (χ4n) is 1.34. The molecule has 0 radical (unpaired) electrons.